The molecule has 1 heterocycles. The Morgan fingerprint density at radius 3 is 2.67 bits per heavy atom. The van der Waals surface area contributed by atoms with Crippen LogP contribution in [0.3, 0.4) is 0 Å². The summed E-state index contributed by atoms with van der Waals surface area (Å²) in [5.74, 6) is 1.07. The minimum atomic E-state index is -0.173. The Morgan fingerprint density at radius 2 is 2.50 bits per heavy atom. The first kappa shape index (κ1) is 4.43. The Morgan fingerprint density at radius 1 is 1.67 bits per heavy atom. The third-order valence-corrected chi connectivity index (χ3v) is 1.89. The molecule has 1 unspecified atom stereocenters. The fourth-order valence-corrected chi connectivity index (χ4v) is 1.28. The van der Waals surface area contributed by atoms with Gasteiger partial charge in [0.15, 0.2) is 5.75 Å². The Bertz CT molecular complexity index is 44.1. The van der Waals surface area contributed by atoms with Crippen LogP contribution >= 0.6 is 0 Å². The van der Waals surface area contributed by atoms with Crippen molar-refractivity contribution >= 4 is 11.4 Å². The molecule has 2 N–H and O–H groups in total. The van der Waals surface area contributed by atoms with E-state index in [1.54, 1.807) is 0 Å². The molecule has 36 valence electrons. The van der Waals surface area contributed by atoms with Gasteiger partial charge in [0.1, 0.15) is 6.61 Å². The van der Waals surface area contributed by atoms with Crippen LogP contribution in [-0.2, 0) is 15.5 Å². The standard InChI is InChI=1S/C3H8NOS/c4-6-3-1-2-5-6/h1-4H2/q+1. The van der Waals surface area contributed by atoms with Crippen LogP contribution in [0.1, 0.15) is 6.42 Å². The van der Waals surface area contributed by atoms with Gasteiger partial charge in [0, 0.05) is 6.42 Å². The summed E-state index contributed by atoms with van der Waals surface area (Å²) in [5.41, 5.74) is 0. The molecule has 1 rings (SSSR count). The zero-order chi connectivity index (χ0) is 4.41. The molecule has 0 aromatic heterocycles. The summed E-state index contributed by atoms with van der Waals surface area (Å²) in [6.45, 7) is 0.875. The molecule has 1 atom stereocenters. The molecule has 2 nitrogen and oxygen atoms in total. The van der Waals surface area contributed by atoms with Crippen LogP contribution in [0, 0.1) is 0 Å². The summed E-state index contributed by atoms with van der Waals surface area (Å²) in [7, 11) is 0. The molecule has 1 saturated heterocycles. The van der Waals surface area contributed by atoms with E-state index in [0.717, 1.165) is 18.8 Å². The van der Waals surface area contributed by atoms with E-state index in [9.17, 15) is 0 Å². The van der Waals surface area contributed by atoms with Crippen molar-refractivity contribution in [3.63, 3.8) is 0 Å². The Hall–Kier alpha value is 0.270. The van der Waals surface area contributed by atoms with E-state index < -0.39 is 0 Å². The van der Waals surface area contributed by atoms with E-state index in [1.165, 1.54) is 0 Å². The molecule has 0 aromatic rings. The van der Waals surface area contributed by atoms with E-state index in [0.29, 0.717) is 0 Å². The third-order valence-electron chi connectivity index (χ3n) is 0.725. The van der Waals surface area contributed by atoms with Gasteiger partial charge in [-0.3, -0.25) is 0 Å². The van der Waals surface area contributed by atoms with E-state index in [-0.39, 0.29) is 11.4 Å². The lowest BCUT2D eigenvalue weighted by Crippen LogP contribution is -2.12. The van der Waals surface area contributed by atoms with Crippen molar-refractivity contribution in [3.05, 3.63) is 0 Å². The van der Waals surface area contributed by atoms with Crippen LogP contribution < -0.4 is 5.14 Å². The predicted octanol–water partition coefficient (Wildman–Crippen LogP) is -0.186. The number of nitrogens with two attached hydrogens (primary N) is 1. The molecule has 0 aliphatic carbocycles. The molecule has 0 radical (unpaired) electrons. The lowest BCUT2D eigenvalue weighted by molar-refractivity contribution is 0.394. The molecule has 0 spiro atoms. The molecule has 0 saturated carbocycles. The van der Waals surface area contributed by atoms with Gasteiger partial charge in [-0.2, -0.15) is 4.18 Å². The predicted molar refractivity (Wildman–Crippen MR) is 27.0 cm³/mol. The second-order valence-electron chi connectivity index (χ2n) is 1.26. The van der Waals surface area contributed by atoms with E-state index >= 15 is 0 Å². The summed E-state index contributed by atoms with van der Waals surface area (Å²) in [6.07, 6.45) is 1.15. The smallest absolute Gasteiger partial charge is 0.152 e. The lowest BCUT2D eigenvalue weighted by Gasteiger charge is -1.78. The van der Waals surface area contributed by atoms with E-state index in [1.807, 2.05) is 0 Å². The highest BCUT2D eigenvalue weighted by molar-refractivity contribution is 7.90. The second-order valence-corrected chi connectivity index (χ2v) is 2.67. The van der Waals surface area contributed by atoms with Gasteiger partial charge in [0.05, 0.1) is 0 Å². The van der Waals surface area contributed by atoms with Crippen molar-refractivity contribution in [2.45, 2.75) is 6.42 Å². The zero-order valence-electron chi connectivity index (χ0n) is 3.52. The fraction of sp³-hybridized carbons (Fsp3) is 1.00. The minimum Gasteiger partial charge on any atom is -0.152 e. The lowest BCUT2D eigenvalue weighted by atomic mass is 10.5. The van der Waals surface area contributed by atoms with Gasteiger partial charge in [0.25, 0.3) is 0 Å². The Kier molecular flexibility index (Phi) is 1.34. The minimum absolute atomic E-state index is 0.173. The molecule has 1 aliphatic heterocycles. The summed E-state index contributed by atoms with van der Waals surface area (Å²) in [6, 6.07) is 0. The first-order valence-electron chi connectivity index (χ1n) is 1.98. The van der Waals surface area contributed by atoms with Crippen LogP contribution in [-0.4, -0.2) is 12.4 Å². The number of hydrogen-bond donors (Lipinski definition) is 1. The zero-order valence-corrected chi connectivity index (χ0v) is 4.33. The van der Waals surface area contributed by atoms with Crippen LogP contribution in [0.2, 0.25) is 0 Å². The number of hydrogen-bond acceptors (Lipinski definition) is 2. The molecule has 0 bridgehead atoms. The second kappa shape index (κ2) is 1.82. The van der Waals surface area contributed by atoms with Crippen LogP contribution in [0.4, 0.5) is 0 Å². The Labute approximate surface area is 40.4 Å². The maximum absolute atomic E-state index is 5.34. The van der Waals surface area contributed by atoms with Gasteiger partial charge in [-0.1, -0.05) is 0 Å². The van der Waals surface area contributed by atoms with Crippen molar-refractivity contribution in [2.24, 2.45) is 5.14 Å². The molecule has 3 heteroatoms. The average molecular weight is 106 g/mol. The first-order valence-corrected chi connectivity index (χ1v) is 3.36. The topological polar surface area (TPSA) is 35.2 Å². The fourth-order valence-electron chi connectivity index (χ4n) is 0.426. The average Bonchev–Trinajstić information content (AvgIpc) is 1.86. The monoisotopic (exact) mass is 106 g/mol. The number of rotatable bonds is 0. The molecular weight excluding hydrogens is 98.1 g/mol. The van der Waals surface area contributed by atoms with Gasteiger partial charge in [-0.25, -0.2) is 0 Å². The summed E-state index contributed by atoms with van der Waals surface area (Å²) in [4.78, 5) is 0. The molecule has 0 amide bonds. The van der Waals surface area contributed by atoms with Crippen LogP contribution in [0.25, 0.3) is 0 Å². The van der Waals surface area contributed by atoms with Crippen molar-refractivity contribution in [2.75, 3.05) is 12.4 Å². The highest BCUT2D eigenvalue weighted by atomic mass is 32.2. The summed E-state index contributed by atoms with van der Waals surface area (Å²) in [5, 5.41) is 5.34. The van der Waals surface area contributed by atoms with Crippen molar-refractivity contribution in [1.82, 2.24) is 0 Å². The molecule has 1 fully saturated rings. The highest BCUT2D eigenvalue weighted by Gasteiger charge is 2.20. The quantitative estimate of drug-likeness (QED) is 0.434. The van der Waals surface area contributed by atoms with Crippen molar-refractivity contribution in [3.8, 4) is 0 Å². The van der Waals surface area contributed by atoms with Crippen LogP contribution in [0.5, 0.6) is 0 Å². The summed E-state index contributed by atoms with van der Waals surface area (Å²) < 4.78 is 4.96. The maximum Gasteiger partial charge on any atom is 0.234 e. The largest absolute Gasteiger partial charge is 0.234 e. The molecule has 1 aliphatic rings. The van der Waals surface area contributed by atoms with E-state index in [4.69, 9.17) is 9.32 Å². The van der Waals surface area contributed by atoms with Crippen molar-refractivity contribution < 1.29 is 4.18 Å². The van der Waals surface area contributed by atoms with Gasteiger partial charge in [0.2, 0.25) is 11.4 Å². The third kappa shape index (κ3) is 0.864. The van der Waals surface area contributed by atoms with E-state index in [2.05, 4.69) is 0 Å². The highest BCUT2D eigenvalue weighted by Crippen LogP contribution is 2.02. The van der Waals surface area contributed by atoms with Gasteiger partial charge < -0.3 is 0 Å². The summed E-state index contributed by atoms with van der Waals surface area (Å²) >= 11 is -0.173. The van der Waals surface area contributed by atoms with Crippen molar-refractivity contribution in [1.29, 1.82) is 0 Å². The van der Waals surface area contributed by atoms with Crippen LogP contribution in [0.15, 0.2) is 0 Å². The Balaban J connectivity index is 2.18. The first-order chi connectivity index (χ1) is 2.89. The normalized spacial score (nSPS) is 34.5. The molecular formula is C3H8NOS+. The van der Waals surface area contributed by atoms with Gasteiger partial charge in [-0.05, 0) is 0 Å². The molecule has 6 heavy (non-hydrogen) atoms. The van der Waals surface area contributed by atoms with Gasteiger partial charge >= 0.3 is 0 Å². The maximum atomic E-state index is 5.34. The van der Waals surface area contributed by atoms with Gasteiger partial charge in [-0.15, -0.1) is 5.14 Å². The molecule has 0 aromatic carbocycles. The SMILES string of the molecule is N[S+]1CCCO1.